The van der Waals surface area contributed by atoms with Gasteiger partial charge in [0.15, 0.2) is 11.4 Å². The second-order valence-electron chi connectivity index (χ2n) is 7.20. The number of benzene rings is 1. The van der Waals surface area contributed by atoms with E-state index in [1.165, 1.54) is 4.90 Å². The average Bonchev–Trinajstić information content (AvgIpc) is 2.86. The van der Waals surface area contributed by atoms with Crippen molar-refractivity contribution in [1.82, 2.24) is 13.4 Å². The van der Waals surface area contributed by atoms with Crippen molar-refractivity contribution in [2.75, 3.05) is 26.2 Å². The Morgan fingerprint density at radius 2 is 1.65 bits per heavy atom. The second kappa shape index (κ2) is 7.26. The van der Waals surface area contributed by atoms with Gasteiger partial charge in [-0.2, -0.15) is 4.31 Å². The molecule has 1 aromatic heterocycles. The van der Waals surface area contributed by atoms with Crippen molar-refractivity contribution in [2.24, 2.45) is 7.05 Å². The normalized spacial score (nSPS) is 16.9. The van der Waals surface area contributed by atoms with Gasteiger partial charge >= 0.3 is 0 Å². The quantitative estimate of drug-likeness (QED) is 0.787. The van der Waals surface area contributed by atoms with Crippen LogP contribution in [0.5, 0.6) is 0 Å². The molecule has 142 valence electrons. The lowest BCUT2D eigenvalue weighted by Crippen LogP contribution is -3.14. The van der Waals surface area contributed by atoms with Crippen molar-refractivity contribution in [3.63, 3.8) is 0 Å². The summed E-state index contributed by atoms with van der Waals surface area (Å²) in [7, 11) is -1.52. The van der Waals surface area contributed by atoms with Gasteiger partial charge in [-0.05, 0) is 44.1 Å². The first-order valence-electron chi connectivity index (χ1n) is 8.83. The highest BCUT2D eigenvalue weighted by Crippen LogP contribution is 2.25. The molecule has 0 atom stereocenters. The molecule has 0 aliphatic carbocycles. The van der Waals surface area contributed by atoms with Crippen LogP contribution in [0.2, 0.25) is 0 Å². The Kier molecular flexibility index (Phi) is 5.39. The van der Waals surface area contributed by atoms with Gasteiger partial charge < -0.3 is 9.47 Å². The number of hydrogen-bond donors (Lipinski definition) is 1. The first-order valence-corrected chi connectivity index (χ1v) is 10.7. The van der Waals surface area contributed by atoms with Crippen molar-refractivity contribution in [1.29, 1.82) is 0 Å². The second-order valence-corrected chi connectivity index (χ2v) is 9.44. The summed E-state index contributed by atoms with van der Waals surface area (Å²) in [5.41, 5.74) is 2.74. The van der Waals surface area contributed by atoms with Gasteiger partial charge in [-0.15, -0.1) is 0 Å². The number of imidazole rings is 1. The maximum absolute atomic E-state index is 13.2. The van der Waals surface area contributed by atoms with Crippen molar-refractivity contribution < 1.29 is 13.3 Å². The van der Waals surface area contributed by atoms with E-state index in [1.807, 2.05) is 61.5 Å². The molecule has 1 fully saturated rings. The number of nitrogens with zero attached hydrogens (tertiary/aromatic N) is 3. The number of piperazine rings is 1. The van der Waals surface area contributed by atoms with E-state index < -0.39 is 10.0 Å². The fraction of sp³-hybridized carbons (Fsp3) is 0.500. The summed E-state index contributed by atoms with van der Waals surface area (Å²) in [5.74, 6) is 0. The van der Waals surface area contributed by atoms with Gasteiger partial charge in [-0.3, -0.25) is 4.57 Å². The van der Waals surface area contributed by atoms with Crippen molar-refractivity contribution in [3.05, 3.63) is 46.0 Å². The Labute approximate surface area is 160 Å². The van der Waals surface area contributed by atoms with Gasteiger partial charge in [0, 0.05) is 19.4 Å². The molecule has 8 heteroatoms. The highest BCUT2D eigenvalue weighted by atomic mass is 32.2. The first kappa shape index (κ1) is 19.3. The predicted molar refractivity (Wildman–Crippen MR) is 104 cm³/mol. The standard InChI is InChI=1S/C18H26N4O2S2/c1-14-11-15(2)17(16(3)12-14)26(23,24)22-9-6-20(7-10-22)13-21-8-5-19(4)18(21)25/h5,8,11-12H,6-7,9-10,13H2,1-4H3/p+1. The van der Waals surface area contributed by atoms with Crippen LogP contribution >= 0.6 is 12.2 Å². The van der Waals surface area contributed by atoms with Crippen LogP contribution in [0.25, 0.3) is 0 Å². The summed E-state index contributed by atoms with van der Waals surface area (Å²) in [4.78, 5) is 1.81. The van der Waals surface area contributed by atoms with Crippen LogP contribution in [0.3, 0.4) is 0 Å². The SMILES string of the molecule is Cc1cc(C)c(S(=O)(=O)N2CC[NH+](Cn3ccn(C)c3=S)CC2)c(C)c1. The van der Waals surface area contributed by atoms with E-state index in [2.05, 4.69) is 0 Å². The molecule has 1 aromatic carbocycles. The Balaban J connectivity index is 1.73. The maximum atomic E-state index is 13.2. The van der Waals surface area contributed by atoms with Crippen LogP contribution in [0, 0.1) is 25.5 Å². The predicted octanol–water partition coefficient (Wildman–Crippen LogP) is 1.03. The molecule has 1 aliphatic rings. The lowest BCUT2D eigenvalue weighted by molar-refractivity contribution is -0.926. The number of quaternary nitrogens is 1. The summed E-state index contributed by atoms with van der Waals surface area (Å²) in [6, 6.07) is 3.89. The smallest absolute Gasteiger partial charge is 0.244 e. The lowest BCUT2D eigenvalue weighted by atomic mass is 10.1. The number of nitrogens with one attached hydrogen (secondary N) is 1. The number of rotatable bonds is 4. The van der Waals surface area contributed by atoms with Gasteiger partial charge in [0.1, 0.15) is 0 Å². The third-order valence-corrected chi connectivity index (χ3v) is 7.77. The Morgan fingerprint density at radius 1 is 1.08 bits per heavy atom. The molecule has 3 rings (SSSR count). The zero-order chi connectivity index (χ0) is 19.1. The third kappa shape index (κ3) is 3.64. The molecule has 0 saturated carbocycles. The van der Waals surface area contributed by atoms with Crippen LogP contribution in [0.1, 0.15) is 16.7 Å². The fourth-order valence-electron chi connectivity index (χ4n) is 3.78. The molecule has 6 nitrogen and oxygen atoms in total. The van der Waals surface area contributed by atoms with Crippen molar-refractivity contribution in [2.45, 2.75) is 32.3 Å². The number of aryl methyl sites for hydroxylation is 4. The van der Waals surface area contributed by atoms with E-state index in [1.54, 1.807) is 4.31 Å². The molecule has 0 bridgehead atoms. The van der Waals surface area contributed by atoms with Crippen LogP contribution in [-0.2, 0) is 23.7 Å². The topological polar surface area (TPSA) is 51.7 Å². The molecule has 2 aromatic rings. The van der Waals surface area contributed by atoms with Crippen LogP contribution < -0.4 is 4.90 Å². The molecular formula is C18H27N4O2S2+. The molecule has 1 N–H and O–H groups in total. The first-order chi connectivity index (χ1) is 12.2. The highest BCUT2D eigenvalue weighted by Gasteiger charge is 2.32. The number of hydrogen-bond acceptors (Lipinski definition) is 3. The molecular weight excluding hydrogens is 368 g/mol. The molecule has 26 heavy (non-hydrogen) atoms. The van der Waals surface area contributed by atoms with E-state index in [9.17, 15) is 8.42 Å². The molecule has 0 amide bonds. The van der Waals surface area contributed by atoms with E-state index in [4.69, 9.17) is 12.2 Å². The maximum Gasteiger partial charge on any atom is 0.244 e. The van der Waals surface area contributed by atoms with Crippen LogP contribution in [0.15, 0.2) is 29.4 Å². The highest BCUT2D eigenvalue weighted by molar-refractivity contribution is 7.89. The molecule has 0 unspecified atom stereocenters. The van der Waals surface area contributed by atoms with Gasteiger partial charge in [0.25, 0.3) is 0 Å². The third-order valence-electron chi connectivity index (χ3n) is 5.04. The fourth-order valence-corrected chi connectivity index (χ4v) is 5.81. The zero-order valence-electron chi connectivity index (χ0n) is 15.8. The summed E-state index contributed by atoms with van der Waals surface area (Å²) in [6.45, 7) is 9.15. The summed E-state index contributed by atoms with van der Waals surface area (Å²) >= 11 is 5.39. The molecule has 2 heterocycles. The molecule has 1 aliphatic heterocycles. The van der Waals surface area contributed by atoms with Crippen LogP contribution in [0.4, 0.5) is 0 Å². The Hall–Kier alpha value is -1.48. The Morgan fingerprint density at radius 3 is 2.15 bits per heavy atom. The minimum absolute atomic E-state index is 0.469. The van der Waals surface area contributed by atoms with Gasteiger partial charge in [-0.25, -0.2) is 8.42 Å². The summed E-state index contributed by atoms with van der Waals surface area (Å²) < 4.78 is 32.7. The molecule has 1 saturated heterocycles. The summed E-state index contributed by atoms with van der Waals surface area (Å²) in [6.07, 6.45) is 3.93. The average molecular weight is 396 g/mol. The van der Waals surface area contributed by atoms with Gasteiger partial charge in [-0.1, -0.05) is 17.7 Å². The van der Waals surface area contributed by atoms with E-state index in [-0.39, 0.29) is 0 Å². The van der Waals surface area contributed by atoms with Crippen LogP contribution in [-0.4, -0.2) is 48.0 Å². The van der Waals surface area contributed by atoms with Gasteiger partial charge in [0.05, 0.1) is 31.1 Å². The zero-order valence-corrected chi connectivity index (χ0v) is 17.5. The monoisotopic (exact) mass is 395 g/mol. The lowest BCUT2D eigenvalue weighted by Gasteiger charge is -2.32. The van der Waals surface area contributed by atoms with E-state index >= 15 is 0 Å². The summed E-state index contributed by atoms with van der Waals surface area (Å²) in [5, 5.41) is 0. The van der Waals surface area contributed by atoms with Crippen molar-refractivity contribution >= 4 is 22.2 Å². The molecule has 0 radical (unpaired) electrons. The van der Waals surface area contributed by atoms with E-state index in [0.717, 1.165) is 41.2 Å². The minimum atomic E-state index is -3.45. The number of aromatic nitrogens is 2. The Bertz CT molecular complexity index is 944. The van der Waals surface area contributed by atoms with Crippen molar-refractivity contribution in [3.8, 4) is 0 Å². The molecule has 0 spiro atoms. The largest absolute Gasteiger partial charge is 0.327 e. The minimum Gasteiger partial charge on any atom is -0.327 e. The van der Waals surface area contributed by atoms with E-state index in [0.29, 0.717) is 18.0 Å². The van der Waals surface area contributed by atoms with Gasteiger partial charge in [0.2, 0.25) is 10.0 Å². The number of sulfonamides is 1.